The normalized spacial score (nSPS) is 11.3. The second-order valence-corrected chi connectivity index (χ2v) is 4.64. The number of carbonyl (C=O) groups excluding carboxylic acids is 1. The van der Waals surface area contributed by atoms with Crippen LogP contribution in [0, 0.1) is 0 Å². The van der Waals surface area contributed by atoms with Crippen molar-refractivity contribution >= 4 is 11.9 Å². The van der Waals surface area contributed by atoms with E-state index in [-0.39, 0.29) is 31.0 Å². The molecule has 1 amide bonds. The number of rotatable bonds is 9. The molecule has 1 aromatic heterocycles. The predicted molar refractivity (Wildman–Crippen MR) is 72.4 cm³/mol. The lowest BCUT2D eigenvalue weighted by Crippen LogP contribution is -2.37. The number of hydrogen-bond acceptors (Lipinski definition) is 7. The third-order valence-electron chi connectivity index (χ3n) is 2.58. The highest BCUT2D eigenvalue weighted by atomic mass is 16.5. The number of aliphatic hydroxyl groups is 1. The lowest BCUT2D eigenvalue weighted by molar-refractivity contribution is -0.117. The molecule has 0 saturated heterocycles. The van der Waals surface area contributed by atoms with E-state index in [0.29, 0.717) is 25.6 Å². The van der Waals surface area contributed by atoms with Crippen LogP contribution in [0.25, 0.3) is 0 Å². The Morgan fingerprint density at radius 1 is 1.45 bits per heavy atom. The van der Waals surface area contributed by atoms with Crippen molar-refractivity contribution in [2.75, 3.05) is 45.3 Å². The van der Waals surface area contributed by atoms with Gasteiger partial charge in [-0.3, -0.25) is 15.0 Å². The molecule has 1 heterocycles. The van der Waals surface area contributed by atoms with Gasteiger partial charge in [0, 0.05) is 26.1 Å². The van der Waals surface area contributed by atoms with Gasteiger partial charge in [-0.25, -0.2) is 0 Å². The molecule has 2 N–H and O–H groups in total. The summed E-state index contributed by atoms with van der Waals surface area (Å²) >= 11 is 0. The molecular weight excluding hydrogens is 264 g/mol. The van der Waals surface area contributed by atoms with Gasteiger partial charge in [0.15, 0.2) is 0 Å². The van der Waals surface area contributed by atoms with E-state index in [1.807, 2.05) is 13.8 Å². The molecule has 20 heavy (non-hydrogen) atoms. The lowest BCUT2D eigenvalue weighted by atomic mass is 10.2. The van der Waals surface area contributed by atoms with Crippen LogP contribution < -0.4 is 5.32 Å². The number of amides is 1. The van der Waals surface area contributed by atoms with Crippen LogP contribution in [0.1, 0.15) is 25.7 Å². The maximum Gasteiger partial charge on any atom is 0.322 e. The standard InChI is InChI=1S/C12H22N4O4/c1-9(2)11-14-15-12(20-11)13-10(18)8-16(4-6-17)5-7-19-3/h9,17H,4-8H2,1-3H3,(H,13,15,18). The summed E-state index contributed by atoms with van der Waals surface area (Å²) in [6.07, 6.45) is 0. The van der Waals surface area contributed by atoms with E-state index in [9.17, 15) is 4.79 Å². The molecule has 0 fully saturated rings. The van der Waals surface area contributed by atoms with E-state index in [2.05, 4.69) is 15.5 Å². The van der Waals surface area contributed by atoms with Gasteiger partial charge in [0.25, 0.3) is 0 Å². The van der Waals surface area contributed by atoms with Gasteiger partial charge in [-0.2, -0.15) is 0 Å². The van der Waals surface area contributed by atoms with Gasteiger partial charge >= 0.3 is 6.01 Å². The monoisotopic (exact) mass is 286 g/mol. The van der Waals surface area contributed by atoms with Crippen molar-refractivity contribution in [2.24, 2.45) is 0 Å². The zero-order chi connectivity index (χ0) is 15.0. The summed E-state index contributed by atoms with van der Waals surface area (Å²) in [7, 11) is 1.59. The van der Waals surface area contributed by atoms with E-state index in [1.165, 1.54) is 0 Å². The fourth-order valence-corrected chi connectivity index (χ4v) is 1.51. The van der Waals surface area contributed by atoms with Gasteiger partial charge < -0.3 is 14.3 Å². The van der Waals surface area contributed by atoms with Crippen LogP contribution >= 0.6 is 0 Å². The number of aliphatic hydroxyl groups excluding tert-OH is 1. The molecule has 0 aromatic carbocycles. The summed E-state index contributed by atoms with van der Waals surface area (Å²) in [6, 6.07) is 0.0920. The lowest BCUT2D eigenvalue weighted by Gasteiger charge is -2.19. The van der Waals surface area contributed by atoms with Crippen LogP contribution in [-0.4, -0.2) is 66.1 Å². The first-order valence-corrected chi connectivity index (χ1v) is 6.52. The van der Waals surface area contributed by atoms with E-state index >= 15 is 0 Å². The molecule has 0 radical (unpaired) electrons. The van der Waals surface area contributed by atoms with Gasteiger partial charge in [0.1, 0.15) is 0 Å². The molecule has 1 aromatic rings. The first-order valence-electron chi connectivity index (χ1n) is 6.52. The highest BCUT2D eigenvalue weighted by Gasteiger charge is 2.14. The first kappa shape index (κ1) is 16.5. The Kier molecular flexibility index (Phi) is 7.13. The van der Waals surface area contributed by atoms with E-state index < -0.39 is 0 Å². The van der Waals surface area contributed by atoms with E-state index in [0.717, 1.165) is 0 Å². The number of methoxy groups -OCH3 is 1. The van der Waals surface area contributed by atoms with E-state index in [1.54, 1.807) is 12.0 Å². The molecule has 8 heteroatoms. The number of hydrogen-bond donors (Lipinski definition) is 2. The fourth-order valence-electron chi connectivity index (χ4n) is 1.51. The molecule has 0 bridgehead atoms. The third kappa shape index (κ3) is 5.64. The number of aromatic nitrogens is 2. The van der Waals surface area contributed by atoms with Crippen LogP contribution in [0.4, 0.5) is 6.01 Å². The Balaban J connectivity index is 2.47. The molecule has 0 aliphatic rings. The van der Waals surface area contributed by atoms with Crippen LogP contribution in [0.3, 0.4) is 0 Å². The Bertz CT molecular complexity index is 408. The molecule has 1 rings (SSSR count). The summed E-state index contributed by atoms with van der Waals surface area (Å²) in [4.78, 5) is 13.6. The molecule has 0 unspecified atom stereocenters. The summed E-state index contributed by atoms with van der Waals surface area (Å²) in [6.45, 7) is 5.41. The minimum absolute atomic E-state index is 0.0188. The van der Waals surface area contributed by atoms with Crippen LogP contribution in [-0.2, 0) is 9.53 Å². The third-order valence-corrected chi connectivity index (χ3v) is 2.58. The summed E-state index contributed by atoms with van der Waals surface area (Å²) in [5.74, 6) is 0.321. The molecular formula is C12H22N4O4. The van der Waals surface area contributed by atoms with Crippen molar-refractivity contribution < 1.29 is 19.1 Å². The van der Waals surface area contributed by atoms with Crippen LogP contribution in [0.5, 0.6) is 0 Å². The number of anilines is 1. The van der Waals surface area contributed by atoms with Crippen molar-refractivity contribution in [3.63, 3.8) is 0 Å². The first-order chi connectivity index (χ1) is 9.56. The Hall–Kier alpha value is -1.51. The van der Waals surface area contributed by atoms with E-state index in [4.69, 9.17) is 14.3 Å². The van der Waals surface area contributed by atoms with Crippen molar-refractivity contribution in [3.8, 4) is 0 Å². The fraction of sp³-hybridized carbons (Fsp3) is 0.750. The Morgan fingerprint density at radius 3 is 2.75 bits per heavy atom. The van der Waals surface area contributed by atoms with Gasteiger partial charge in [0.05, 0.1) is 19.8 Å². The minimum atomic E-state index is -0.270. The highest BCUT2D eigenvalue weighted by molar-refractivity contribution is 5.90. The zero-order valence-electron chi connectivity index (χ0n) is 12.1. The summed E-state index contributed by atoms with van der Waals surface area (Å²) in [5.41, 5.74) is 0. The van der Waals surface area contributed by atoms with Crippen molar-refractivity contribution in [3.05, 3.63) is 5.89 Å². The molecule has 0 saturated carbocycles. The molecule has 0 atom stereocenters. The average molecular weight is 286 g/mol. The highest BCUT2D eigenvalue weighted by Crippen LogP contribution is 2.14. The van der Waals surface area contributed by atoms with Crippen molar-refractivity contribution in [1.82, 2.24) is 15.1 Å². The number of ether oxygens (including phenoxy) is 1. The molecule has 0 aliphatic carbocycles. The maximum absolute atomic E-state index is 11.8. The number of nitrogens with zero attached hydrogens (tertiary/aromatic N) is 3. The zero-order valence-corrected chi connectivity index (χ0v) is 12.1. The number of nitrogens with one attached hydrogen (secondary N) is 1. The van der Waals surface area contributed by atoms with Crippen LogP contribution in [0.2, 0.25) is 0 Å². The van der Waals surface area contributed by atoms with Gasteiger partial charge in [-0.15, -0.1) is 5.10 Å². The number of carbonyl (C=O) groups is 1. The molecule has 0 aliphatic heterocycles. The Morgan fingerprint density at radius 2 is 2.20 bits per heavy atom. The minimum Gasteiger partial charge on any atom is -0.408 e. The molecule has 8 nitrogen and oxygen atoms in total. The second-order valence-electron chi connectivity index (χ2n) is 4.64. The van der Waals surface area contributed by atoms with Gasteiger partial charge in [-0.05, 0) is 0 Å². The van der Waals surface area contributed by atoms with Crippen LogP contribution in [0.15, 0.2) is 4.42 Å². The topological polar surface area (TPSA) is 101 Å². The largest absolute Gasteiger partial charge is 0.408 e. The SMILES string of the molecule is COCCN(CCO)CC(=O)Nc1nnc(C(C)C)o1. The maximum atomic E-state index is 11.8. The molecule has 114 valence electrons. The Labute approximate surface area is 118 Å². The second kappa shape index (κ2) is 8.62. The van der Waals surface area contributed by atoms with Crippen molar-refractivity contribution in [1.29, 1.82) is 0 Å². The summed E-state index contributed by atoms with van der Waals surface area (Å²) in [5, 5.41) is 19.1. The van der Waals surface area contributed by atoms with Gasteiger partial charge in [-0.1, -0.05) is 18.9 Å². The smallest absolute Gasteiger partial charge is 0.322 e. The van der Waals surface area contributed by atoms with Crippen molar-refractivity contribution in [2.45, 2.75) is 19.8 Å². The quantitative estimate of drug-likeness (QED) is 0.662. The van der Waals surface area contributed by atoms with Gasteiger partial charge in [0.2, 0.25) is 11.8 Å². The summed E-state index contributed by atoms with van der Waals surface area (Å²) < 4.78 is 10.2. The predicted octanol–water partition coefficient (Wildman–Crippen LogP) is 0.0722. The average Bonchev–Trinajstić information content (AvgIpc) is 2.84. The molecule has 0 spiro atoms.